The molecule has 3 heterocycles. The Morgan fingerprint density at radius 1 is 0.857 bits per heavy atom. The van der Waals surface area contributed by atoms with Gasteiger partial charge in [-0.05, 0) is 48.0 Å². The fraction of sp³-hybridized carbons (Fsp3) is 0.121. The first kappa shape index (κ1) is 25.6. The van der Waals surface area contributed by atoms with E-state index in [1.54, 1.807) is 66.7 Å². The SMILES string of the molecule is COc1ccc(CN2C(=O)c3oc4ccc(F)cc4c(=O)c3C23C(=O)N(Cc2ccccc2F)c2ccccc23)cc1. The maximum absolute atomic E-state index is 14.8. The summed E-state index contributed by atoms with van der Waals surface area (Å²) in [5.41, 5.74) is -1.07. The second-order valence-electron chi connectivity index (χ2n) is 10.2. The van der Waals surface area contributed by atoms with Gasteiger partial charge in [0.15, 0.2) is 11.0 Å². The number of halogens is 2. The third-order valence-corrected chi connectivity index (χ3v) is 7.98. The molecule has 2 aliphatic heterocycles. The van der Waals surface area contributed by atoms with E-state index in [4.69, 9.17) is 9.15 Å². The molecule has 0 aliphatic carbocycles. The fourth-order valence-corrected chi connectivity index (χ4v) is 6.05. The van der Waals surface area contributed by atoms with Crippen molar-refractivity contribution in [1.29, 1.82) is 0 Å². The monoisotopic (exact) mass is 564 g/mol. The topological polar surface area (TPSA) is 80.1 Å². The zero-order valence-corrected chi connectivity index (χ0v) is 22.3. The molecule has 4 aromatic carbocycles. The number of nitrogens with zero attached hydrogens (tertiary/aromatic N) is 2. The summed E-state index contributed by atoms with van der Waals surface area (Å²) in [6.07, 6.45) is 0. The zero-order valence-electron chi connectivity index (χ0n) is 22.3. The molecule has 208 valence electrons. The highest BCUT2D eigenvalue weighted by Gasteiger charge is 2.65. The molecule has 0 bridgehead atoms. The molecule has 7 rings (SSSR count). The molecule has 1 unspecified atom stereocenters. The molecule has 0 radical (unpaired) electrons. The van der Waals surface area contributed by atoms with Gasteiger partial charge in [0.1, 0.15) is 23.0 Å². The number of methoxy groups -OCH3 is 1. The average molecular weight is 565 g/mol. The van der Waals surface area contributed by atoms with Gasteiger partial charge < -0.3 is 19.0 Å². The standard InChI is InChI=1S/C33H22F2N2O5/c1-41-22-13-10-19(11-14-22)17-37-31(39)30-28(29(38)23-16-21(34)12-15-27(23)42-30)33(37)24-7-3-5-9-26(24)36(32(33)40)18-20-6-2-4-8-25(20)35/h2-16H,17-18H2,1H3. The van der Waals surface area contributed by atoms with Gasteiger partial charge >= 0.3 is 0 Å². The van der Waals surface area contributed by atoms with E-state index in [0.29, 0.717) is 22.6 Å². The van der Waals surface area contributed by atoms with E-state index >= 15 is 0 Å². The van der Waals surface area contributed by atoms with Crippen LogP contribution in [0.1, 0.15) is 32.8 Å². The van der Waals surface area contributed by atoms with Crippen LogP contribution >= 0.6 is 0 Å². The minimum Gasteiger partial charge on any atom is -0.497 e. The highest BCUT2D eigenvalue weighted by molar-refractivity contribution is 6.17. The van der Waals surface area contributed by atoms with Crippen molar-refractivity contribution in [2.24, 2.45) is 0 Å². The number of carbonyl (C=O) groups is 2. The van der Waals surface area contributed by atoms with Gasteiger partial charge in [0.05, 0.1) is 30.3 Å². The van der Waals surface area contributed by atoms with Gasteiger partial charge in [0.2, 0.25) is 5.76 Å². The van der Waals surface area contributed by atoms with Crippen LogP contribution in [0, 0.1) is 11.6 Å². The molecule has 9 heteroatoms. The normalized spacial score (nSPS) is 17.3. The highest BCUT2D eigenvalue weighted by atomic mass is 19.1. The molecule has 42 heavy (non-hydrogen) atoms. The van der Waals surface area contributed by atoms with Gasteiger partial charge in [-0.3, -0.25) is 14.4 Å². The largest absolute Gasteiger partial charge is 0.497 e. The van der Waals surface area contributed by atoms with Crippen LogP contribution in [-0.2, 0) is 23.4 Å². The first-order chi connectivity index (χ1) is 20.3. The molecule has 2 aliphatic rings. The molecule has 0 fully saturated rings. The van der Waals surface area contributed by atoms with Gasteiger partial charge in [-0.2, -0.15) is 0 Å². The van der Waals surface area contributed by atoms with Crippen molar-refractivity contribution in [1.82, 2.24) is 4.90 Å². The van der Waals surface area contributed by atoms with Gasteiger partial charge in [-0.25, -0.2) is 8.78 Å². The lowest BCUT2D eigenvalue weighted by Gasteiger charge is -2.34. The lowest BCUT2D eigenvalue weighted by atomic mass is 9.83. The number of benzene rings is 4. The molecule has 0 saturated carbocycles. The molecule has 1 atom stereocenters. The van der Waals surface area contributed by atoms with E-state index in [0.717, 1.165) is 12.1 Å². The predicted octanol–water partition coefficient (Wildman–Crippen LogP) is 5.53. The van der Waals surface area contributed by atoms with Crippen LogP contribution in [0.4, 0.5) is 14.5 Å². The third-order valence-electron chi connectivity index (χ3n) is 7.98. The van der Waals surface area contributed by atoms with Crippen LogP contribution in [0.15, 0.2) is 100 Å². The van der Waals surface area contributed by atoms with E-state index in [2.05, 4.69) is 0 Å². The van der Waals surface area contributed by atoms with E-state index in [1.807, 2.05) is 0 Å². The van der Waals surface area contributed by atoms with Crippen molar-refractivity contribution < 1.29 is 27.5 Å². The first-order valence-electron chi connectivity index (χ1n) is 13.2. The summed E-state index contributed by atoms with van der Waals surface area (Å²) in [6, 6.07) is 23.3. The van der Waals surface area contributed by atoms with Gasteiger partial charge in [-0.1, -0.05) is 48.5 Å². The Kier molecular flexibility index (Phi) is 5.72. The summed E-state index contributed by atoms with van der Waals surface area (Å²) in [6.45, 7) is -0.206. The van der Waals surface area contributed by atoms with Crippen LogP contribution in [0.25, 0.3) is 11.0 Å². The second-order valence-corrected chi connectivity index (χ2v) is 10.2. The molecule has 7 nitrogen and oxygen atoms in total. The van der Waals surface area contributed by atoms with Crippen molar-refractivity contribution in [3.05, 3.63) is 141 Å². The molecule has 1 aromatic heterocycles. The van der Waals surface area contributed by atoms with Gasteiger partial charge in [0.25, 0.3) is 11.8 Å². The van der Waals surface area contributed by atoms with Gasteiger partial charge in [0, 0.05) is 17.7 Å². The Bertz CT molecular complexity index is 1990. The van der Waals surface area contributed by atoms with Crippen LogP contribution < -0.4 is 15.1 Å². The smallest absolute Gasteiger partial charge is 0.291 e. The molecule has 5 aromatic rings. The maximum Gasteiger partial charge on any atom is 0.291 e. The van der Waals surface area contributed by atoms with Crippen molar-refractivity contribution >= 4 is 28.5 Å². The number of carbonyl (C=O) groups excluding carboxylic acids is 2. The minimum atomic E-state index is -1.94. The maximum atomic E-state index is 14.8. The second kappa shape index (κ2) is 9.37. The van der Waals surface area contributed by atoms with Crippen LogP contribution in [-0.4, -0.2) is 23.8 Å². The minimum absolute atomic E-state index is 0.0249. The van der Waals surface area contributed by atoms with Crippen LogP contribution in [0.2, 0.25) is 0 Å². The van der Waals surface area contributed by atoms with Crippen molar-refractivity contribution in [2.75, 3.05) is 12.0 Å². The molecule has 0 saturated heterocycles. The Balaban J connectivity index is 1.50. The van der Waals surface area contributed by atoms with Crippen molar-refractivity contribution in [3.8, 4) is 5.75 Å². The summed E-state index contributed by atoms with van der Waals surface area (Å²) >= 11 is 0. The molecular weight excluding hydrogens is 542 g/mol. The van der Waals surface area contributed by atoms with Crippen molar-refractivity contribution in [2.45, 2.75) is 18.6 Å². The quantitative estimate of drug-likeness (QED) is 0.281. The number of rotatable bonds is 5. The Hall–Kier alpha value is -5.31. The first-order valence-corrected chi connectivity index (χ1v) is 13.2. The summed E-state index contributed by atoms with van der Waals surface area (Å²) in [4.78, 5) is 45.9. The number of ether oxygens (including phenoxy) is 1. The number of amides is 2. The molecule has 0 N–H and O–H groups in total. The summed E-state index contributed by atoms with van der Waals surface area (Å²) < 4.78 is 40.4. The lowest BCUT2D eigenvalue weighted by Crippen LogP contribution is -2.53. The van der Waals surface area contributed by atoms with E-state index < -0.39 is 34.4 Å². The van der Waals surface area contributed by atoms with Crippen molar-refractivity contribution in [3.63, 3.8) is 0 Å². The van der Waals surface area contributed by atoms with Crippen LogP contribution in [0.5, 0.6) is 5.75 Å². The number of fused-ring (bicyclic) bond motifs is 5. The molecular formula is C33H22F2N2O5. The summed E-state index contributed by atoms with van der Waals surface area (Å²) in [7, 11) is 1.54. The van der Waals surface area contributed by atoms with E-state index in [9.17, 15) is 23.2 Å². The third kappa shape index (κ3) is 3.52. The average Bonchev–Trinajstić information content (AvgIpc) is 3.39. The molecule has 2 amide bonds. The molecule has 1 spiro atoms. The van der Waals surface area contributed by atoms with E-state index in [1.165, 1.54) is 29.0 Å². The fourth-order valence-electron chi connectivity index (χ4n) is 6.05. The Labute approximate surface area is 238 Å². The Morgan fingerprint density at radius 3 is 2.36 bits per heavy atom. The highest BCUT2D eigenvalue weighted by Crippen LogP contribution is 2.53. The number of hydrogen-bond acceptors (Lipinski definition) is 5. The summed E-state index contributed by atoms with van der Waals surface area (Å²) in [5, 5.41) is -0.0925. The van der Waals surface area contributed by atoms with Gasteiger partial charge in [-0.15, -0.1) is 0 Å². The number of anilines is 1. The summed E-state index contributed by atoms with van der Waals surface area (Å²) in [5.74, 6) is -2.13. The predicted molar refractivity (Wildman–Crippen MR) is 150 cm³/mol. The Morgan fingerprint density at radius 2 is 1.60 bits per heavy atom. The number of para-hydroxylation sites is 1. The lowest BCUT2D eigenvalue weighted by molar-refractivity contribution is -0.126. The van der Waals surface area contributed by atoms with E-state index in [-0.39, 0.29) is 40.9 Å². The van der Waals surface area contributed by atoms with Crippen LogP contribution in [0.3, 0.4) is 0 Å². The zero-order chi connectivity index (χ0) is 29.2. The number of hydrogen-bond donors (Lipinski definition) is 0.